The largest absolute Gasteiger partial charge is 0.444 e. The molecule has 1 aromatic carbocycles. The molecule has 1 aliphatic carbocycles. The summed E-state index contributed by atoms with van der Waals surface area (Å²) in [5.41, 5.74) is 0.606. The SMILES string of the molecule is CC(C)(C)OC(=O)NC1CCC(Nc2ccc(Cl)c(Br)c2)CC1. The number of ether oxygens (including phenoxy) is 1. The second-order valence-corrected chi connectivity index (χ2v) is 8.23. The molecule has 1 aromatic rings. The molecule has 23 heavy (non-hydrogen) atoms. The number of rotatable bonds is 3. The van der Waals surface area contributed by atoms with Gasteiger partial charge in [-0.15, -0.1) is 0 Å². The van der Waals surface area contributed by atoms with Crippen molar-refractivity contribution in [2.75, 3.05) is 5.32 Å². The van der Waals surface area contributed by atoms with Crippen LogP contribution in [0.2, 0.25) is 5.02 Å². The van der Waals surface area contributed by atoms with Gasteiger partial charge < -0.3 is 15.4 Å². The molecule has 0 atom stereocenters. The average molecular weight is 404 g/mol. The molecule has 0 bridgehead atoms. The summed E-state index contributed by atoms with van der Waals surface area (Å²) in [6.45, 7) is 5.62. The summed E-state index contributed by atoms with van der Waals surface area (Å²) >= 11 is 9.45. The Morgan fingerprint density at radius 3 is 2.39 bits per heavy atom. The summed E-state index contributed by atoms with van der Waals surface area (Å²) in [6.07, 6.45) is 3.61. The quantitative estimate of drug-likeness (QED) is 0.715. The molecular formula is C17H24BrClN2O2. The topological polar surface area (TPSA) is 50.4 Å². The van der Waals surface area contributed by atoms with E-state index in [0.29, 0.717) is 11.1 Å². The third-order valence-electron chi connectivity index (χ3n) is 3.74. The van der Waals surface area contributed by atoms with Gasteiger partial charge in [0.05, 0.1) is 5.02 Å². The van der Waals surface area contributed by atoms with Crippen molar-refractivity contribution in [3.05, 3.63) is 27.7 Å². The van der Waals surface area contributed by atoms with E-state index in [4.69, 9.17) is 16.3 Å². The van der Waals surface area contributed by atoms with Gasteiger partial charge in [-0.05, 0) is 80.6 Å². The van der Waals surface area contributed by atoms with Gasteiger partial charge in [0.2, 0.25) is 0 Å². The molecule has 0 unspecified atom stereocenters. The lowest BCUT2D eigenvalue weighted by Crippen LogP contribution is -2.42. The van der Waals surface area contributed by atoms with Crippen molar-refractivity contribution < 1.29 is 9.53 Å². The number of hydrogen-bond donors (Lipinski definition) is 2. The van der Waals surface area contributed by atoms with Gasteiger partial charge in [-0.3, -0.25) is 0 Å². The molecule has 4 nitrogen and oxygen atoms in total. The van der Waals surface area contributed by atoms with Gasteiger partial charge in [-0.25, -0.2) is 4.79 Å². The maximum atomic E-state index is 11.8. The zero-order chi connectivity index (χ0) is 17.0. The van der Waals surface area contributed by atoms with E-state index < -0.39 is 5.60 Å². The summed E-state index contributed by atoms with van der Waals surface area (Å²) in [4.78, 5) is 11.8. The number of carbonyl (C=O) groups excluding carboxylic acids is 1. The van der Waals surface area contributed by atoms with Crippen molar-refractivity contribution in [3.8, 4) is 0 Å². The van der Waals surface area contributed by atoms with Crippen LogP contribution < -0.4 is 10.6 Å². The van der Waals surface area contributed by atoms with Crippen LogP contribution in [0, 0.1) is 0 Å². The first-order valence-electron chi connectivity index (χ1n) is 7.94. The minimum Gasteiger partial charge on any atom is -0.444 e. The van der Waals surface area contributed by atoms with Crippen molar-refractivity contribution in [2.45, 2.75) is 64.1 Å². The molecule has 1 saturated carbocycles. The molecular weight excluding hydrogens is 380 g/mol. The number of alkyl carbamates (subject to hydrolysis) is 1. The first-order valence-corrected chi connectivity index (χ1v) is 9.11. The Hall–Kier alpha value is -0.940. The molecule has 1 aliphatic rings. The fourth-order valence-electron chi connectivity index (χ4n) is 2.68. The first kappa shape index (κ1) is 18.4. The number of anilines is 1. The fraction of sp³-hybridized carbons (Fsp3) is 0.588. The number of halogens is 2. The van der Waals surface area contributed by atoms with E-state index in [0.717, 1.165) is 35.8 Å². The molecule has 0 aromatic heterocycles. The van der Waals surface area contributed by atoms with Gasteiger partial charge in [-0.2, -0.15) is 0 Å². The highest BCUT2D eigenvalue weighted by atomic mass is 79.9. The minimum absolute atomic E-state index is 0.194. The van der Waals surface area contributed by atoms with E-state index in [1.807, 2.05) is 39.0 Å². The second-order valence-electron chi connectivity index (χ2n) is 6.97. The zero-order valence-corrected chi connectivity index (χ0v) is 16.1. The van der Waals surface area contributed by atoms with E-state index in [-0.39, 0.29) is 12.1 Å². The Morgan fingerprint density at radius 2 is 1.83 bits per heavy atom. The number of hydrogen-bond acceptors (Lipinski definition) is 3. The number of carbonyl (C=O) groups is 1. The summed E-state index contributed by atoms with van der Waals surface area (Å²) in [5, 5.41) is 7.20. The number of benzene rings is 1. The molecule has 128 valence electrons. The average Bonchev–Trinajstić information content (AvgIpc) is 2.43. The molecule has 1 fully saturated rings. The smallest absolute Gasteiger partial charge is 0.407 e. The lowest BCUT2D eigenvalue weighted by Gasteiger charge is -2.31. The maximum absolute atomic E-state index is 11.8. The molecule has 0 heterocycles. The van der Waals surface area contributed by atoms with Crippen molar-refractivity contribution in [1.29, 1.82) is 0 Å². The van der Waals surface area contributed by atoms with Crippen molar-refractivity contribution in [2.24, 2.45) is 0 Å². The third-order valence-corrected chi connectivity index (χ3v) is 4.95. The molecule has 2 N–H and O–H groups in total. The van der Waals surface area contributed by atoms with Crippen LogP contribution in [0.3, 0.4) is 0 Å². The molecule has 0 aliphatic heterocycles. The Kier molecular flexibility index (Phi) is 6.20. The van der Waals surface area contributed by atoms with Crippen molar-refractivity contribution in [1.82, 2.24) is 5.32 Å². The Bertz CT molecular complexity index is 552. The van der Waals surface area contributed by atoms with Crippen LogP contribution in [0.4, 0.5) is 10.5 Å². The van der Waals surface area contributed by atoms with Gasteiger partial charge in [0.15, 0.2) is 0 Å². The fourth-order valence-corrected chi connectivity index (χ4v) is 3.17. The molecule has 0 saturated heterocycles. The van der Waals surface area contributed by atoms with E-state index >= 15 is 0 Å². The van der Waals surface area contributed by atoms with Crippen molar-refractivity contribution >= 4 is 39.3 Å². The predicted molar refractivity (Wildman–Crippen MR) is 98.2 cm³/mol. The number of nitrogens with one attached hydrogen (secondary N) is 2. The standard InChI is InChI=1S/C17H24BrClN2O2/c1-17(2,3)23-16(22)21-12-6-4-11(5-7-12)20-13-8-9-15(19)14(18)10-13/h8-12,20H,4-7H2,1-3H3,(H,21,22). The van der Waals surface area contributed by atoms with E-state index in [1.54, 1.807) is 0 Å². The molecule has 2 rings (SSSR count). The van der Waals surface area contributed by atoms with Crippen LogP contribution in [0.1, 0.15) is 46.5 Å². The number of amides is 1. The van der Waals surface area contributed by atoms with Crippen LogP contribution in [0.5, 0.6) is 0 Å². The molecule has 6 heteroatoms. The Morgan fingerprint density at radius 1 is 1.22 bits per heavy atom. The zero-order valence-electron chi connectivity index (χ0n) is 13.8. The Balaban J connectivity index is 1.77. The predicted octanol–water partition coefficient (Wildman–Crippen LogP) is 5.35. The monoisotopic (exact) mass is 402 g/mol. The van der Waals surface area contributed by atoms with Crippen LogP contribution in [-0.2, 0) is 4.74 Å². The van der Waals surface area contributed by atoms with Gasteiger partial charge >= 0.3 is 6.09 Å². The molecule has 0 radical (unpaired) electrons. The highest BCUT2D eigenvalue weighted by Gasteiger charge is 2.24. The van der Waals surface area contributed by atoms with E-state index in [2.05, 4.69) is 26.6 Å². The van der Waals surface area contributed by atoms with Crippen LogP contribution >= 0.6 is 27.5 Å². The summed E-state index contributed by atoms with van der Waals surface area (Å²) in [7, 11) is 0. The molecule has 1 amide bonds. The van der Waals surface area contributed by atoms with Crippen LogP contribution in [0.25, 0.3) is 0 Å². The summed E-state index contributed by atoms with van der Waals surface area (Å²) in [6, 6.07) is 6.47. The summed E-state index contributed by atoms with van der Waals surface area (Å²) in [5.74, 6) is 0. The van der Waals surface area contributed by atoms with Gasteiger partial charge in [0.25, 0.3) is 0 Å². The second kappa shape index (κ2) is 7.75. The van der Waals surface area contributed by atoms with Crippen LogP contribution in [-0.4, -0.2) is 23.8 Å². The molecule has 0 spiro atoms. The minimum atomic E-state index is -0.454. The van der Waals surface area contributed by atoms with Gasteiger partial charge in [0.1, 0.15) is 5.60 Å². The lowest BCUT2D eigenvalue weighted by molar-refractivity contribution is 0.0492. The lowest BCUT2D eigenvalue weighted by atomic mass is 9.91. The Labute approximate surface area is 151 Å². The van der Waals surface area contributed by atoms with E-state index in [1.165, 1.54) is 0 Å². The highest BCUT2D eigenvalue weighted by molar-refractivity contribution is 9.10. The normalized spacial score (nSPS) is 21.6. The van der Waals surface area contributed by atoms with E-state index in [9.17, 15) is 4.79 Å². The highest BCUT2D eigenvalue weighted by Crippen LogP contribution is 2.28. The third kappa shape index (κ3) is 6.22. The van der Waals surface area contributed by atoms with Crippen molar-refractivity contribution in [3.63, 3.8) is 0 Å². The van der Waals surface area contributed by atoms with Gasteiger partial charge in [0, 0.05) is 22.2 Å². The van der Waals surface area contributed by atoms with Gasteiger partial charge in [-0.1, -0.05) is 11.6 Å². The first-order chi connectivity index (χ1) is 10.7. The maximum Gasteiger partial charge on any atom is 0.407 e. The van der Waals surface area contributed by atoms with Crippen LogP contribution in [0.15, 0.2) is 22.7 Å². The summed E-state index contributed by atoms with van der Waals surface area (Å²) < 4.78 is 6.20.